The molecule has 0 bridgehead atoms. The maximum Gasteiger partial charge on any atom is 0.327 e. The van der Waals surface area contributed by atoms with Gasteiger partial charge in [0, 0.05) is 0 Å². The fraction of sp³-hybridized carbons (Fsp3) is 0.500. The van der Waals surface area contributed by atoms with Crippen LogP contribution in [0.5, 0.6) is 0 Å². The molecular formula is C20H26ClN3O5. The van der Waals surface area contributed by atoms with Crippen LogP contribution in [0, 0.1) is 5.92 Å². The maximum atomic E-state index is 12.6. The van der Waals surface area contributed by atoms with E-state index in [1.807, 2.05) is 13.8 Å². The van der Waals surface area contributed by atoms with Crippen molar-refractivity contribution in [3.05, 3.63) is 29.3 Å². The lowest BCUT2D eigenvalue weighted by atomic mass is 9.92. The zero-order valence-corrected chi connectivity index (χ0v) is 17.7. The number of para-hydroxylation sites is 1. The normalized spacial score (nSPS) is 19.9. The lowest BCUT2D eigenvalue weighted by Gasteiger charge is -2.22. The van der Waals surface area contributed by atoms with E-state index in [1.54, 1.807) is 31.2 Å². The summed E-state index contributed by atoms with van der Waals surface area (Å²) in [5.41, 5.74) is -0.661. The highest BCUT2D eigenvalue weighted by Crippen LogP contribution is 2.25. The predicted octanol–water partition coefficient (Wildman–Crippen LogP) is 2.96. The number of nitrogens with one attached hydrogen (secondary N) is 2. The van der Waals surface area contributed by atoms with Gasteiger partial charge in [0.2, 0.25) is 0 Å². The maximum absolute atomic E-state index is 12.6. The molecule has 2 atom stereocenters. The minimum Gasteiger partial charge on any atom is -0.451 e. The molecule has 1 saturated heterocycles. The Bertz CT molecular complexity index is 813. The zero-order valence-electron chi connectivity index (χ0n) is 17.0. The van der Waals surface area contributed by atoms with E-state index in [4.69, 9.17) is 16.3 Å². The SMILES string of the molecule is CC(C)CC[C@@]1(C)NC(=O)N(CC(=O)O[C@@H](C)C(=O)Nc2ccccc2Cl)C1=O. The quantitative estimate of drug-likeness (QED) is 0.494. The van der Waals surface area contributed by atoms with Crippen LogP contribution in [0.2, 0.25) is 5.02 Å². The molecule has 1 aliphatic heterocycles. The second-order valence-electron chi connectivity index (χ2n) is 7.69. The van der Waals surface area contributed by atoms with Crippen molar-refractivity contribution in [2.45, 2.75) is 52.2 Å². The van der Waals surface area contributed by atoms with Crippen LogP contribution in [0.4, 0.5) is 10.5 Å². The number of benzene rings is 1. The Balaban J connectivity index is 1.92. The number of hydrogen-bond acceptors (Lipinski definition) is 5. The minimum absolute atomic E-state index is 0.347. The second-order valence-corrected chi connectivity index (χ2v) is 8.09. The van der Waals surface area contributed by atoms with Crippen LogP contribution in [0.15, 0.2) is 24.3 Å². The van der Waals surface area contributed by atoms with Crippen molar-refractivity contribution in [1.82, 2.24) is 10.2 Å². The molecule has 1 heterocycles. The molecule has 1 aliphatic rings. The summed E-state index contributed by atoms with van der Waals surface area (Å²) >= 11 is 5.98. The van der Waals surface area contributed by atoms with Gasteiger partial charge in [-0.3, -0.25) is 19.3 Å². The van der Waals surface area contributed by atoms with Gasteiger partial charge in [0.15, 0.2) is 6.10 Å². The number of imide groups is 1. The number of urea groups is 1. The molecule has 0 spiro atoms. The summed E-state index contributed by atoms with van der Waals surface area (Å²) in [5, 5.41) is 5.55. The summed E-state index contributed by atoms with van der Waals surface area (Å²) in [5.74, 6) is -1.55. The van der Waals surface area contributed by atoms with Crippen LogP contribution in [-0.4, -0.2) is 46.9 Å². The van der Waals surface area contributed by atoms with Gasteiger partial charge >= 0.3 is 12.0 Å². The van der Waals surface area contributed by atoms with Gasteiger partial charge in [-0.15, -0.1) is 0 Å². The van der Waals surface area contributed by atoms with Crippen LogP contribution in [0.3, 0.4) is 0 Å². The van der Waals surface area contributed by atoms with Crippen molar-refractivity contribution in [3.63, 3.8) is 0 Å². The van der Waals surface area contributed by atoms with Crippen molar-refractivity contribution in [2.75, 3.05) is 11.9 Å². The Kier molecular flexibility index (Phi) is 7.24. The Labute approximate surface area is 174 Å². The summed E-state index contributed by atoms with van der Waals surface area (Å²) in [4.78, 5) is 50.0. The van der Waals surface area contributed by atoms with Gasteiger partial charge < -0.3 is 15.4 Å². The fourth-order valence-corrected chi connectivity index (χ4v) is 3.03. The van der Waals surface area contributed by atoms with Gasteiger partial charge in [0.25, 0.3) is 11.8 Å². The molecule has 0 aromatic heterocycles. The summed E-state index contributed by atoms with van der Waals surface area (Å²) in [6.45, 7) is 6.51. The highest BCUT2D eigenvalue weighted by Gasteiger charge is 2.48. The molecule has 4 amide bonds. The Morgan fingerprint density at radius 3 is 2.52 bits per heavy atom. The van der Waals surface area contributed by atoms with E-state index < -0.39 is 42.0 Å². The molecule has 8 nitrogen and oxygen atoms in total. The summed E-state index contributed by atoms with van der Waals surface area (Å²) < 4.78 is 5.08. The van der Waals surface area contributed by atoms with Crippen molar-refractivity contribution in [1.29, 1.82) is 0 Å². The van der Waals surface area contributed by atoms with E-state index in [-0.39, 0.29) is 0 Å². The van der Waals surface area contributed by atoms with Gasteiger partial charge in [-0.1, -0.05) is 37.6 Å². The molecule has 158 valence electrons. The number of anilines is 1. The molecule has 0 radical (unpaired) electrons. The molecule has 1 aromatic rings. The van der Waals surface area contributed by atoms with Gasteiger partial charge in [-0.25, -0.2) is 4.79 Å². The largest absolute Gasteiger partial charge is 0.451 e. The van der Waals surface area contributed by atoms with E-state index in [9.17, 15) is 19.2 Å². The predicted molar refractivity (Wildman–Crippen MR) is 108 cm³/mol. The second kappa shape index (κ2) is 9.26. The highest BCUT2D eigenvalue weighted by molar-refractivity contribution is 6.33. The smallest absolute Gasteiger partial charge is 0.327 e. The Hall–Kier alpha value is -2.61. The van der Waals surface area contributed by atoms with Crippen molar-refractivity contribution in [3.8, 4) is 0 Å². The van der Waals surface area contributed by atoms with Crippen molar-refractivity contribution in [2.24, 2.45) is 5.92 Å². The summed E-state index contributed by atoms with van der Waals surface area (Å²) in [6, 6.07) is 5.99. The van der Waals surface area contributed by atoms with E-state index in [1.165, 1.54) is 6.92 Å². The molecule has 2 rings (SSSR count). The lowest BCUT2D eigenvalue weighted by molar-refractivity contribution is -0.155. The summed E-state index contributed by atoms with van der Waals surface area (Å²) in [7, 11) is 0. The number of rotatable bonds is 8. The van der Waals surface area contributed by atoms with Gasteiger partial charge in [-0.2, -0.15) is 0 Å². The van der Waals surface area contributed by atoms with Crippen LogP contribution in [-0.2, 0) is 19.1 Å². The van der Waals surface area contributed by atoms with E-state index >= 15 is 0 Å². The first kappa shape index (κ1) is 22.7. The molecule has 9 heteroatoms. The van der Waals surface area contributed by atoms with Crippen molar-refractivity contribution >= 4 is 41.1 Å². The molecule has 2 N–H and O–H groups in total. The third kappa shape index (κ3) is 5.69. The molecule has 0 aliphatic carbocycles. The molecule has 29 heavy (non-hydrogen) atoms. The number of esters is 1. The van der Waals surface area contributed by atoms with Crippen LogP contribution in [0.25, 0.3) is 0 Å². The number of nitrogens with zero attached hydrogens (tertiary/aromatic N) is 1. The molecule has 1 aromatic carbocycles. The lowest BCUT2D eigenvalue weighted by Crippen LogP contribution is -2.44. The minimum atomic E-state index is -1.13. The first-order valence-corrected chi connectivity index (χ1v) is 9.80. The van der Waals surface area contributed by atoms with E-state index in [0.717, 1.165) is 11.3 Å². The van der Waals surface area contributed by atoms with Crippen LogP contribution in [0.1, 0.15) is 40.5 Å². The molecule has 0 saturated carbocycles. The van der Waals surface area contributed by atoms with Crippen molar-refractivity contribution < 1.29 is 23.9 Å². The van der Waals surface area contributed by atoms with E-state index in [0.29, 0.717) is 23.0 Å². The topological polar surface area (TPSA) is 105 Å². The first-order valence-electron chi connectivity index (χ1n) is 9.42. The average Bonchev–Trinajstić information content (AvgIpc) is 2.85. The zero-order chi connectivity index (χ0) is 21.8. The van der Waals surface area contributed by atoms with Gasteiger partial charge in [-0.05, 0) is 44.7 Å². The first-order chi connectivity index (χ1) is 13.5. The van der Waals surface area contributed by atoms with Crippen LogP contribution >= 0.6 is 11.6 Å². The third-order valence-corrected chi connectivity index (χ3v) is 4.99. The van der Waals surface area contributed by atoms with Crippen LogP contribution < -0.4 is 10.6 Å². The number of amides is 4. The molecule has 1 fully saturated rings. The number of carbonyl (C=O) groups excluding carboxylic acids is 4. The highest BCUT2D eigenvalue weighted by atomic mass is 35.5. The number of carbonyl (C=O) groups is 4. The molecular weight excluding hydrogens is 398 g/mol. The van der Waals surface area contributed by atoms with Gasteiger partial charge in [0.05, 0.1) is 10.7 Å². The van der Waals surface area contributed by atoms with Gasteiger partial charge in [0.1, 0.15) is 12.1 Å². The Morgan fingerprint density at radius 1 is 1.24 bits per heavy atom. The number of hydrogen-bond donors (Lipinski definition) is 2. The standard InChI is InChI=1S/C20H26ClN3O5/c1-12(2)9-10-20(4)18(27)24(19(28)23-20)11-16(25)29-13(3)17(26)22-15-8-6-5-7-14(15)21/h5-8,12-13H,9-11H2,1-4H3,(H,22,26)(H,23,28)/t13-,20+/m0/s1. The van der Waals surface area contributed by atoms with E-state index in [2.05, 4.69) is 10.6 Å². The number of ether oxygens (including phenoxy) is 1. The monoisotopic (exact) mass is 423 g/mol. The molecule has 0 unspecified atom stereocenters. The average molecular weight is 424 g/mol. The Morgan fingerprint density at radius 2 is 1.90 bits per heavy atom. The third-order valence-electron chi connectivity index (χ3n) is 4.66. The summed E-state index contributed by atoms with van der Waals surface area (Å²) in [6.07, 6.45) is 0.0872. The number of halogens is 1. The fourth-order valence-electron chi connectivity index (χ4n) is 2.85.